The van der Waals surface area contributed by atoms with Crippen LogP contribution in [-0.4, -0.2) is 14.9 Å². The van der Waals surface area contributed by atoms with Crippen LogP contribution in [0.1, 0.15) is 5.56 Å². The van der Waals surface area contributed by atoms with E-state index >= 15 is 0 Å². The molecular formula is C11H8Cl2N4O2. The SMILES string of the molecule is Cc1ccc(Nc2nc(Cl)ncc2[N+](=O)[O-])cc1Cl. The largest absolute Gasteiger partial charge is 0.334 e. The molecule has 1 N–H and O–H groups in total. The van der Waals surface area contributed by atoms with Gasteiger partial charge in [0.25, 0.3) is 0 Å². The number of rotatable bonds is 3. The van der Waals surface area contributed by atoms with Crippen LogP contribution < -0.4 is 5.32 Å². The molecule has 1 aromatic carbocycles. The summed E-state index contributed by atoms with van der Waals surface area (Å²) in [7, 11) is 0. The molecule has 0 aliphatic heterocycles. The van der Waals surface area contributed by atoms with E-state index < -0.39 is 4.92 Å². The van der Waals surface area contributed by atoms with Gasteiger partial charge in [0.05, 0.1) is 4.92 Å². The number of benzene rings is 1. The Hall–Kier alpha value is -1.92. The summed E-state index contributed by atoms with van der Waals surface area (Å²) in [6.45, 7) is 1.86. The van der Waals surface area contributed by atoms with Gasteiger partial charge < -0.3 is 5.32 Å². The van der Waals surface area contributed by atoms with Crippen LogP contribution in [0.2, 0.25) is 10.3 Å². The third-order valence-corrected chi connectivity index (χ3v) is 2.96. The van der Waals surface area contributed by atoms with Gasteiger partial charge in [0.1, 0.15) is 6.20 Å². The molecule has 2 aromatic rings. The number of anilines is 2. The summed E-state index contributed by atoms with van der Waals surface area (Å²) in [6.07, 6.45) is 1.05. The highest BCUT2D eigenvalue weighted by atomic mass is 35.5. The van der Waals surface area contributed by atoms with Gasteiger partial charge in [-0.25, -0.2) is 4.98 Å². The minimum Gasteiger partial charge on any atom is -0.334 e. The summed E-state index contributed by atoms with van der Waals surface area (Å²) < 4.78 is 0. The van der Waals surface area contributed by atoms with Gasteiger partial charge in [-0.2, -0.15) is 4.98 Å². The number of nitro groups is 1. The number of hydrogen-bond donors (Lipinski definition) is 1. The molecule has 1 heterocycles. The first-order valence-corrected chi connectivity index (χ1v) is 5.93. The van der Waals surface area contributed by atoms with E-state index in [0.29, 0.717) is 10.7 Å². The van der Waals surface area contributed by atoms with Gasteiger partial charge in [0.15, 0.2) is 0 Å². The lowest BCUT2D eigenvalue weighted by Crippen LogP contribution is -2.01. The third kappa shape index (κ3) is 3.10. The number of halogens is 2. The quantitative estimate of drug-likeness (QED) is 0.530. The highest BCUT2D eigenvalue weighted by molar-refractivity contribution is 6.31. The van der Waals surface area contributed by atoms with Crippen molar-refractivity contribution in [2.45, 2.75) is 6.92 Å². The van der Waals surface area contributed by atoms with Crippen molar-refractivity contribution in [1.82, 2.24) is 9.97 Å². The molecule has 98 valence electrons. The zero-order chi connectivity index (χ0) is 14.0. The smallest absolute Gasteiger partial charge is 0.329 e. The van der Waals surface area contributed by atoms with Crippen LogP contribution in [0.5, 0.6) is 0 Å². The van der Waals surface area contributed by atoms with Crippen molar-refractivity contribution in [3.05, 3.63) is 50.4 Å². The highest BCUT2D eigenvalue weighted by Gasteiger charge is 2.17. The van der Waals surface area contributed by atoms with Crippen LogP contribution in [0.4, 0.5) is 17.2 Å². The Kier molecular flexibility index (Phi) is 3.82. The Morgan fingerprint density at radius 3 is 2.74 bits per heavy atom. The lowest BCUT2D eigenvalue weighted by atomic mass is 10.2. The first-order valence-electron chi connectivity index (χ1n) is 5.17. The van der Waals surface area contributed by atoms with Crippen LogP contribution in [0.25, 0.3) is 0 Å². The van der Waals surface area contributed by atoms with Crippen LogP contribution in [0, 0.1) is 17.0 Å². The van der Waals surface area contributed by atoms with Crippen molar-refractivity contribution in [2.75, 3.05) is 5.32 Å². The van der Waals surface area contributed by atoms with Crippen molar-refractivity contribution in [3.63, 3.8) is 0 Å². The maximum Gasteiger partial charge on any atom is 0.329 e. The van der Waals surface area contributed by atoms with E-state index in [4.69, 9.17) is 23.2 Å². The maximum atomic E-state index is 10.9. The standard InChI is InChI=1S/C11H8Cl2N4O2/c1-6-2-3-7(4-8(6)12)15-10-9(17(18)19)5-14-11(13)16-10/h2-5H,1H3,(H,14,15,16). The molecule has 1 aromatic heterocycles. The van der Waals surface area contributed by atoms with Gasteiger partial charge in [-0.15, -0.1) is 0 Å². The van der Waals surface area contributed by atoms with Gasteiger partial charge in [0, 0.05) is 10.7 Å². The van der Waals surface area contributed by atoms with Crippen LogP contribution in [0.3, 0.4) is 0 Å². The van der Waals surface area contributed by atoms with Crippen molar-refractivity contribution in [1.29, 1.82) is 0 Å². The van der Waals surface area contributed by atoms with Gasteiger partial charge in [-0.3, -0.25) is 10.1 Å². The normalized spacial score (nSPS) is 10.3. The minimum absolute atomic E-state index is 0.0184. The van der Waals surface area contributed by atoms with Gasteiger partial charge in [0.2, 0.25) is 11.1 Å². The molecule has 0 unspecified atom stereocenters. The monoisotopic (exact) mass is 298 g/mol. The van der Waals surface area contributed by atoms with Crippen molar-refractivity contribution in [2.24, 2.45) is 0 Å². The second kappa shape index (κ2) is 5.38. The number of aromatic nitrogens is 2. The molecule has 8 heteroatoms. The van der Waals surface area contributed by atoms with E-state index in [-0.39, 0.29) is 16.8 Å². The molecule has 0 aliphatic rings. The fourth-order valence-electron chi connectivity index (χ4n) is 1.39. The molecule has 0 saturated heterocycles. The second-order valence-electron chi connectivity index (χ2n) is 3.72. The Balaban J connectivity index is 2.39. The molecule has 6 nitrogen and oxygen atoms in total. The molecule has 0 fully saturated rings. The third-order valence-electron chi connectivity index (χ3n) is 2.37. The number of hydrogen-bond acceptors (Lipinski definition) is 5. The summed E-state index contributed by atoms with van der Waals surface area (Å²) in [4.78, 5) is 17.7. The highest BCUT2D eigenvalue weighted by Crippen LogP contribution is 2.27. The second-order valence-corrected chi connectivity index (χ2v) is 4.46. The van der Waals surface area contributed by atoms with Crippen molar-refractivity contribution >= 4 is 40.4 Å². The average Bonchev–Trinajstić information content (AvgIpc) is 2.33. The molecule has 0 aliphatic carbocycles. The van der Waals surface area contributed by atoms with Crippen molar-refractivity contribution in [3.8, 4) is 0 Å². The Morgan fingerprint density at radius 2 is 2.11 bits per heavy atom. The van der Waals surface area contributed by atoms with E-state index in [1.807, 2.05) is 6.92 Å². The van der Waals surface area contributed by atoms with E-state index in [2.05, 4.69) is 15.3 Å². The molecule has 19 heavy (non-hydrogen) atoms. The van der Waals surface area contributed by atoms with Crippen LogP contribution in [0.15, 0.2) is 24.4 Å². The summed E-state index contributed by atoms with van der Waals surface area (Å²) in [6, 6.07) is 5.18. The molecule has 0 spiro atoms. The van der Waals surface area contributed by atoms with Crippen LogP contribution >= 0.6 is 23.2 Å². The van der Waals surface area contributed by atoms with Crippen LogP contribution in [-0.2, 0) is 0 Å². The molecule has 2 rings (SSSR count). The minimum atomic E-state index is -0.589. The van der Waals surface area contributed by atoms with Gasteiger partial charge >= 0.3 is 5.69 Å². The summed E-state index contributed by atoms with van der Waals surface area (Å²) in [5.74, 6) is 0.0184. The maximum absolute atomic E-state index is 10.9. The fraction of sp³-hybridized carbons (Fsp3) is 0.0909. The molecule has 0 atom stereocenters. The van der Waals surface area contributed by atoms with E-state index in [9.17, 15) is 10.1 Å². The van der Waals surface area contributed by atoms with E-state index in [0.717, 1.165) is 11.8 Å². The van der Waals surface area contributed by atoms with Crippen molar-refractivity contribution < 1.29 is 4.92 Å². The topological polar surface area (TPSA) is 81.0 Å². The number of nitrogens with one attached hydrogen (secondary N) is 1. The summed E-state index contributed by atoms with van der Waals surface area (Å²) >= 11 is 11.6. The first kappa shape index (κ1) is 13.5. The van der Waals surface area contributed by atoms with Gasteiger partial charge in [-0.05, 0) is 36.2 Å². The molecular weight excluding hydrogens is 291 g/mol. The summed E-state index contributed by atoms with van der Waals surface area (Å²) in [5, 5.41) is 14.1. The zero-order valence-electron chi connectivity index (χ0n) is 9.72. The molecule has 0 radical (unpaired) electrons. The predicted octanol–water partition coefficient (Wildman–Crippen LogP) is 3.74. The molecule has 0 amide bonds. The number of aryl methyl sites for hydroxylation is 1. The van der Waals surface area contributed by atoms with E-state index in [1.54, 1.807) is 18.2 Å². The van der Waals surface area contributed by atoms with E-state index in [1.165, 1.54) is 0 Å². The molecule has 0 bridgehead atoms. The first-order chi connectivity index (χ1) is 8.97. The van der Waals surface area contributed by atoms with Gasteiger partial charge in [-0.1, -0.05) is 17.7 Å². The predicted molar refractivity (Wildman–Crippen MR) is 73.2 cm³/mol. The lowest BCUT2D eigenvalue weighted by molar-refractivity contribution is -0.384. The Morgan fingerprint density at radius 1 is 1.37 bits per heavy atom. The number of nitrogens with zero attached hydrogens (tertiary/aromatic N) is 3. The average molecular weight is 299 g/mol. The Labute approximate surface area is 118 Å². The summed E-state index contributed by atoms with van der Waals surface area (Å²) in [5.41, 5.74) is 1.22. The Bertz CT molecular complexity index is 649. The fourth-order valence-corrected chi connectivity index (χ4v) is 1.70. The zero-order valence-corrected chi connectivity index (χ0v) is 11.2. The molecule has 0 saturated carbocycles. The lowest BCUT2D eigenvalue weighted by Gasteiger charge is -2.07.